The number of carbonyl (C=O) groups excluding carboxylic acids is 1. The zero-order chi connectivity index (χ0) is 14.0. The zero-order valence-electron chi connectivity index (χ0n) is 11.6. The minimum absolute atomic E-state index is 0. The Morgan fingerprint density at radius 3 is 2.65 bits per heavy atom. The van der Waals surface area contributed by atoms with Gasteiger partial charge in [0.15, 0.2) is 0 Å². The lowest BCUT2D eigenvalue weighted by atomic mass is 10.2. The molecule has 3 N–H and O–H groups in total. The van der Waals surface area contributed by atoms with E-state index in [1.54, 1.807) is 13.0 Å². The van der Waals surface area contributed by atoms with Crippen LogP contribution < -0.4 is 11.1 Å². The van der Waals surface area contributed by atoms with Gasteiger partial charge in [0, 0.05) is 11.3 Å². The summed E-state index contributed by atoms with van der Waals surface area (Å²) in [6, 6.07) is 6.78. The molecule has 0 radical (unpaired) electrons. The highest BCUT2D eigenvalue weighted by molar-refractivity contribution is 5.94. The van der Waals surface area contributed by atoms with Gasteiger partial charge in [-0.15, -0.1) is 12.4 Å². The van der Waals surface area contributed by atoms with Gasteiger partial charge in [-0.05, 0) is 39.0 Å². The predicted octanol–water partition coefficient (Wildman–Crippen LogP) is 2.67. The zero-order valence-corrected chi connectivity index (χ0v) is 12.5. The standard InChI is InChI=1S/C14H17N3O2.ClH/c1-8(15)13(18)17-12-6-4-5-11(7-12)14-16-9(2)10(3)19-14;/h4-8H,15H2,1-3H3,(H,17,18);1H. The van der Waals surface area contributed by atoms with Crippen molar-refractivity contribution >= 4 is 24.0 Å². The Morgan fingerprint density at radius 2 is 2.10 bits per heavy atom. The van der Waals surface area contributed by atoms with E-state index in [4.69, 9.17) is 10.2 Å². The molecule has 1 heterocycles. The highest BCUT2D eigenvalue weighted by Gasteiger charge is 2.11. The van der Waals surface area contributed by atoms with Crippen molar-refractivity contribution in [2.75, 3.05) is 5.32 Å². The Labute approximate surface area is 124 Å². The van der Waals surface area contributed by atoms with Crippen molar-refractivity contribution < 1.29 is 9.21 Å². The van der Waals surface area contributed by atoms with Crippen molar-refractivity contribution in [3.63, 3.8) is 0 Å². The SMILES string of the molecule is Cc1nc(-c2cccc(NC(=O)C(C)N)c2)oc1C.Cl. The van der Waals surface area contributed by atoms with E-state index in [9.17, 15) is 4.79 Å². The van der Waals surface area contributed by atoms with Crippen LogP contribution in [0.3, 0.4) is 0 Å². The summed E-state index contributed by atoms with van der Waals surface area (Å²) in [6.07, 6.45) is 0. The third kappa shape index (κ3) is 3.59. The van der Waals surface area contributed by atoms with Crippen LogP contribution in [0.5, 0.6) is 0 Å². The molecule has 5 nitrogen and oxygen atoms in total. The third-order valence-electron chi connectivity index (χ3n) is 2.82. The summed E-state index contributed by atoms with van der Waals surface area (Å²) in [7, 11) is 0. The van der Waals surface area contributed by atoms with Crippen molar-refractivity contribution in [2.45, 2.75) is 26.8 Å². The fourth-order valence-corrected chi connectivity index (χ4v) is 1.58. The summed E-state index contributed by atoms with van der Waals surface area (Å²) >= 11 is 0. The molecule has 1 aromatic heterocycles. The van der Waals surface area contributed by atoms with E-state index < -0.39 is 6.04 Å². The summed E-state index contributed by atoms with van der Waals surface area (Å²) in [4.78, 5) is 15.9. The molecular formula is C14H18ClN3O2. The number of rotatable bonds is 3. The molecule has 2 rings (SSSR count). The molecule has 2 aromatic rings. The molecule has 1 atom stereocenters. The molecule has 20 heavy (non-hydrogen) atoms. The molecule has 0 saturated carbocycles. The van der Waals surface area contributed by atoms with Gasteiger partial charge in [0.25, 0.3) is 0 Å². The first kappa shape index (κ1) is 16.2. The van der Waals surface area contributed by atoms with E-state index in [1.807, 2.05) is 32.0 Å². The van der Waals surface area contributed by atoms with Crippen LogP contribution >= 0.6 is 12.4 Å². The molecule has 0 bridgehead atoms. The normalized spacial score (nSPS) is 11.6. The summed E-state index contributed by atoms with van der Waals surface area (Å²) in [5.74, 6) is 1.11. The van der Waals surface area contributed by atoms with E-state index in [-0.39, 0.29) is 18.3 Å². The van der Waals surface area contributed by atoms with Crippen molar-refractivity contribution in [3.8, 4) is 11.5 Å². The van der Waals surface area contributed by atoms with Crippen LogP contribution in [0.2, 0.25) is 0 Å². The molecule has 1 amide bonds. The second kappa shape index (κ2) is 6.54. The van der Waals surface area contributed by atoms with Gasteiger partial charge in [-0.25, -0.2) is 4.98 Å². The maximum Gasteiger partial charge on any atom is 0.240 e. The van der Waals surface area contributed by atoms with Gasteiger partial charge in [-0.1, -0.05) is 6.07 Å². The number of aryl methyl sites for hydroxylation is 2. The Kier molecular flexibility index (Phi) is 5.30. The van der Waals surface area contributed by atoms with E-state index >= 15 is 0 Å². The van der Waals surface area contributed by atoms with Crippen LogP contribution in [-0.4, -0.2) is 16.9 Å². The number of hydrogen-bond acceptors (Lipinski definition) is 4. The largest absolute Gasteiger partial charge is 0.441 e. The summed E-state index contributed by atoms with van der Waals surface area (Å²) < 4.78 is 5.56. The maximum absolute atomic E-state index is 11.5. The van der Waals surface area contributed by atoms with Gasteiger partial charge >= 0.3 is 0 Å². The van der Waals surface area contributed by atoms with Gasteiger partial charge in [0.2, 0.25) is 11.8 Å². The Bertz CT molecular complexity index is 589. The van der Waals surface area contributed by atoms with Crippen molar-refractivity contribution in [2.24, 2.45) is 5.73 Å². The lowest BCUT2D eigenvalue weighted by Gasteiger charge is -2.08. The van der Waals surface area contributed by atoms with E-state index in [0.717, 1.165) is 17.0 Å². The third-order valence-corrected chi connectivity index (χ3v) is 2.82. The highest BCUT2D eigenvalue weighted by Crippen LogP contribution is 2.24. The minimum atomic E-state index is -0.546. The fraction of sp³-hybridized carbons (Fsp3) is 0.286. The van der Waals surface area contributed by atoms with Gasteiger partial charge < -0.3 is 15.5 Å². The Morgan fingerprint density at radius 1 is 1.40 bits per heavy atom. The summed E-state index contributed by atoms with van der Waals surface area (Å²) in [5.41, 5.74) is 7.87. The maximum atomic E-state index is 11.5. The van der Waals surface area contributed by atoms with E-state index in [1.165, 1.54) is 0 Å². The average molecular weight is 296 g/mol. The number of nitrogens with one attached hydrogen (secondary N) is 1. The lowest BCUT2D eigenvalue weighted by Crippen LogP contribution is -2.32. The Balaban J connectivity index is 0.00000200. The minimum Gasteiger partial charge on any atom is -0.441 e. The number of anilines is 1. The van der Waals surface area contributed by atoms with Crippen molar-refractivity contribution in [1.29, 1.82) is 0 Å². The quantitative estimate of drug-likeness (QED) is 0.912. The number of halogens is 1. The number of benzene rings is 1. The van der Waals surface area contributed by atoms with Crippen LogP contribution in [0.1, 0.15) is 18.4 Å². The van der Waals surface area contributed by atoms with Crippen LogP contribution in [-0.2, 0) is 4.79 Å². The number of nitrogens with zero attached hydrogens (tertiary/aromatic N) is 1. The lowest BCUT2D eigenvalue weighted by molar-refractivity contribution is -0.117. The molecule has 0 fully saturated rings. The predicted molar refractivity (Wildman–Crippen MR) is 80.9 cm³/mol. The second-order valence-corrected chi connectivity index (χ2v) is 4.52. The molecule has 0 aliphatic heterocycles. The number of carbonyl (C=O) groups is 1. The number of hydrogen-bond donors (Lipinski definition) is 2. The van der Waals surface area contributed by atoms with Crippen LogP contribution in [0.4, 0.5) is 5.69 Å². The molecule has 0 aliphatic rings. The highest BCUT2D eigenvalue weighted by atomic mass is 35.5. The first-order chi connectivity index (χ1) is 8.97. The van der Waals surface area contributed by atoms with Crippen LogP contribution in [0.15, 0.2) is 28.7 Å². The molecular weight excluding hydrogens is 278 g/mol. The van der Waals surface area contributed by atoms with E-state index in [0.29, 0.717) is 11.6 Å². The number of amides is 1. The van der Waals surface area contributed by atoms with Crippen LogP contribution in [0.25, 0.3) is 11.5 Å². The number of oxazole rings is 1. The second-order valence-electron chi connectivity index (χ2n) is 4.52. The van der Waals surface area contributed by atoms with Crippen LogP contribution in [0, 0.1) is 13.8 Å². The molecule has 0 spiro atoms. The molecule has 1 unspecified atom stereocenters. The monoisotopic (exact) mass is 295 g/mol. The molecule has 6 heteroatoms. The fourth-order valence-electron chi connectivity index (χ4n) is 1.58. The number of nitrogens with two attached hydrogens (primary N) is 1. The average Bonchev–Trinajstić information content (AvgIpc) is 2.70. The smallest absolute Gasteiger partial charge is 0.240 e. The van der Waals surface area contributed by atoms with Crippen molar-refractivity contribution in [1.82, 2.24) is 4.98 Å². The van der Waals surface area contributed by atoms with Gasteiger partial charge in [-0.2, -0.15) is 0 Å². The summed E-state index contributed by atoms with van der Waals surface area (Å²) in [6.45, 7) is 5.40. The van der Waals surface area contributed by atoms with Gasteiger partial charge in [-0.3, -0.25) is 4.79 Å². The first-order valence-corrected chi connectivity index (χ1v) is 6.08. The molecule has 0 aliphatic carbocycles. The van der Waals surface area contributed by atoms with Gasteiger partial charge in [0.1, 0.15) is 5.76 Å². The molecule has 0 saturated heterocycles. The number of aromatic nitrogens is 1. The Hall–Kier alpha value is -1.85. The first-order valence-electron chi connectivity index (χ1n) is 6.08. The molecule has 108 valence electrons. The molecule has 1 aromatic carbocycles. The summed E-state index contributed by atoms with van der Waals surface area (Å²) in [5, 5.41) is 2.74. The van der Waals surface area contributed by atoms with E-state index in [2.05, 4.69) is 10.3 Å². The van der Waals surface area contributed by atoms with Gasteiger partial charge in [0.05, 0.1) is 11.7 Å². The van der Waals surface area contributed by atoms with Crippen molar-refractivity contribution in [3.05, 3.63) is 35.7 Å². The topological polar surface area (TPSA) is 81.2 Å².